The molecule has 1 amide bonds. The van der Waals surface area contributed by atoms with Crippen LogP contribution in [0.1, 0.15) is 29.8 Å². The monoisotopic (exact) mass is 414 g/mol. The number of piperazine rings is 1. The van der Waals surface area contributed by atoms with Gasteiger partial charge in [0, 0.05) is 61.6 Å². The van der Waals surface area contributed by atoms with Crippen LogP contribution >= 0.6 is 0 Å². The van der Waals surface area contributed by atoms with E-state index in [2.05, 4.69) is 52.1 Å². The van der Waals surface area contributed by atoms with E-state index >= 15 is 0 Å². The van der Waals surface area contributed by atoms with Gasteiger partial charge < -0.3 is 10.2 Å². The van der Waals surface area contributed by atoms with Crippen LogP contribution in [0, 0.1) is 6.92 Å². The molecule has 31 heavy (non-hydrogen) atoms. The van der Waals surface area contributed by atoms with E-state index in [1.54, 1.807) is 12.4 Å². The Kier molecular flexibility index (Phi) is 6.33. The van der Waals surface area contributed by atoms with Gasteiger partial charge in [0.2, 0.25) is 0 Å². The van der Waals surface area contributed by atoms with Crippen molar-refractivity contribution in [2.75, 3.05) is 36.4 Å². The van der Waals surface area contributed by atoms with Gasteiger partial charge in [-0.1, -0.05) is 12.1 Å². The molecule has 4 rings (SSSR count). The molecule has 160 valence electrons. The predicted molar refractivity (Wildman–Crippen MR) is 128 cm³/mol. The molecular formula is C26H30N4O. The molecule has 0 radical (unpaired) electrons. The van der Waals surface area contributed by atoms with Crippen LogP contribution in [0.25, 0.3) is 11.1 Å². The summed E-state index contributed by atoms with van der Waals surface area (Å²) in [4.78, 5) is 21.8. The maximum Gasteiger partial charge on any atom is 0.255 e. The van der Waals surface area contributed by atoms with Crippen molar-refractivity contribution in [3.8, 4) is 11.1 Å². The average Bonchev–Trinajstić information content (AvgIpc) is 2.81. The van der Waals surface area contributed by atoms with Gasteiger partial charge in [-0.2, -0.15) is 0 Å². The van der Waals surface area contributed by atoms with Crippen molar-refractivity contribution in [2.24, 2.45) is 0 Å². The maximum absolute atomic E-state index is 12.9. The second kappa shape index (κ2) is 9.31. The second-order valence-corrected chi connectivity index (χ2v) is 8.38. The predicted octanol–water partition coefficient (Wildman–Crippen LogP) is 4.84. The third kappa shape index (κ3) is 4.94. The molecule has 0 bridgehead atoms. The number of pyridine rings is 1. The number of carbonyl (C=O) groups is 1. The quantitative estimate of drug-likeness (QED) is 0.649. The molecule has 0 atom stereocenters. The largest absolute Gasteiger partial charge is 0.369 e. The number of nitrogens with zero attached hydrogens (tertiary/aromatic N) is 3. The summed E-state index contributed by atoms with van der Waals surface area (Å²) in [5.74, 6) is -0.0915. The molecule has 5 nitrogen and oxygen atoms in total. The molecule has 2 aromatic carbocycles. The summed E-state index contributed by atoms with van der Waals surface area (Å²) in [5, 5.41) is 3.08. The fourth-order valence-corrected chi connectivity index (χ4v) is 4.00. The van der Waals surface area contributed by atoms with E-state index in [0.717, 1.165) is 48.6 Å². The smallest absolute Gasteiger partial charge is 0.255 e. The van der Waals surface area contributed by atoms with Crippen molar-refractivity contribution in [3.63, 3.8) is 0 Å². The van der Waals surface area contributed by atoms with Gasteiger partial charge in [0.05, 0.1) is 0 Å². The molecule has 5 heteroatoms. The lowest BCUT2D eigenvalue weighted by Gasteiger charge is -2.38. The fraction of sp³-hybridized carbons (Fsp3) is 0.308. The third-order valence-corrected chi connectivity index (χ3v) is 6.04. The topological polar surface area (TPSA) is 48.5 Å². The average molecular weight is 415 g/mol. The Morgan fingerprint density at radius 3 is 2.23 bits per heavy atom. The van der Waals surface area contributed by atoms with Crippen LogP contribution < -0.4 is 10.2 Å². The third-order valence-electron chi connectivity index (χ3n) is 6.04. The number of carbonyl (C=O) groups excluding carboxylic acids is 1. The summed E-state index contributed by atoms with van der Waals surface area (Å²) < 4.78 is 0. The molecule has 1 aromatic heterocycles. The Labute approximate surface area is 184 Å². The molecule has 0 aliphatic carbocycles. The number of aromatic nitrogens is 1. The van der Waals surface area contributed by atoms with Crippen molar-refractivity contribution in [1.29, 1.82) is 0 Å². The molecule has 0 saturated carbocycles. The highest BCUT2D eigenvalue weighted by molar-refractivity contribution is 6.05. The van der Waals surface area contributed by atoms with E-state index in [4.69, 9.17) is 0 Å². The SMILES string of the molecule is Cc1ccc(-c2ccncc2)cc1NC(=O)c1ccc(N2CCN(C(C)C)CC2)cc1. The number of hydrogen-bond acceptors (Lipinski definition) is 4. The standard InChI is InChI=1S/C26H30N4O/c1-19(2)29-14-16-30(17-15-29)24-8-6-22(7-9-24)26(31)28-25-18-23(5-4-20(25)3)21-10-12-27-13-11-21/h4-13,18-19H,14-17H2,1-3H3,(H,28,31). The zero-order valence-corrected chi connectivity index (χ0v) is 18.5. The molecular weight excluding hydrogens is 384 g/mol. The van der Waals surface area contributed by atoms with Gasteiger partial charge in [-0.05, 0) is 79.9 Å². The van der Waals surface area contributed by atoms with Gasteiger partial charge in [0.25, 0.3) is 5.91 Å². The van der Waals surface area contributed by atoms with Gasteiger partial charge in [0.1, 0.15) is 0 Å². The molecule has 0 unspecified atom stereocenters. The molecule has 1 fully saturated rings. The first-order chi connectivity index (χ1) is 15.0. The summed E-state index contributed by atoms with van der Waals surface area (Å²) in [6.07, 6.45) is 3.55. The first-order valence-corrected chi connectivity index (χ1v) is 10.9. The number of aryl methyl sites for hydroxylation is 1. The lowest BCUT2D eigenvalue weighted by Crippen LogP contribution is -2.48. The maximum atomic E-state index is 12.9. The Hall–Kier alpha value is -3.18. The first kappa shape index (κ1) is 21.1. The zero-order valence-electron chi connectivity index (χ0n) is 18.5. The zero-order chi connectivity index (χ0) is 21.8. The van der Waals surface area contributed by atoms with Gasteiger partial charge in [-0.15, -0.1) is 0 Å². The van der Waals surface area contributed by atoms with Crippen LogP contribution in [-0.4, -0.2) is 48.0 Å². The molecule has 1 saturated heterocycles. The van der Waals surface area contributed by atoms with Gasteiger partial charge in [0.15, 0.2) is 0 Å². The van der Waals surface area contributed by atoms with Gasteiger partial charge in [-0.25, -0.2) is 0 Å². The summed E-state index contributed by atoms with van der Waals surface area (Å²) in [5.41, 5.74) is 5.83. The Bertz CT molecular complexity index is 1020. The van der Waals surface area contributed by atoms with E-state index < -0.39 is 0 Å². The van der Waals surface area contributed by atoms with Crippen molar-refractivity contribution in [3.05, 3.63) is 78.1 Å². The fourth-order valence-electron chi connectivity index (χ4n) is 4.00. The summed E-state index contributed by atoms with van der Waals surface area (Å²) >= 11 is 0. The number of rotatable bonds is 5. The minimum absolute atomic E-state index is 0.0915. The molecule has 1 N–H and O–H groups in total. The highest BCUT2D eigenvalue weighted by Gasteiger charge is 2.19. The highest BCUT2D eigenvalue weighted by Crippen LogP contribution is 2.26. The summed E-state index contributed by atoms with van der Waals surface area (Å²) in [7, 11) is 0. The lowest BCUT2D eigenvalue weighted by molar-refractivity contribution is 0.102. The minimum Gasteiger partial charge on any atom is -0.369 e. The number of amides is 1. The van der Waals surface area contributed by atoms with Crippen LogP contribution in [0.3, 0.4) is 0 Å². The molecule has 3 aromatic rings. The molecule has 2 heterocycles. The second-order valence-electron chi connectivity index (χ2n) is 8.38. The minimum atomic E-state index is -0.0915. The lowest BCUT2D eigenvalue weighted by atomic mass is 10.0. The van der Waals surface area contributed by atoms with E-state index in [1.165, 1.54) is 5.69 Å². The number of nitrogens with one attached hydrogen (secondary N) is 1. The summed E-state index contributed by atoms with van der Waals surface area (Å²) in [6, 6.07) is 18.6. The van der Waals surface area contributed by atoms with E-state index in [1.807, 2.05) is 43.3 Å². The van der Waals surface area contributed by atoms with Crippen molar-refractivity contribution in [1.82, 2.24) is 9.88 Å². The number of benzene rings is 2. The Morgan fingerprint density at radius 1 is 0.903 bits per heavy atom. The highest BCUT2D eigenvalue weighted by atomic mass is 16.1. The van der Waals surface area contributed by atoms with E-state index in [9.17, 15) is 4.79 Å². The van der Waals surface area contributed by atoms with Crippen LogP contribution in [-0.2, 0) is 0 Å². The van der Waals surface area contributed by atoms with Gasteiger partial charge >= 0.3 is 0 Å². The normalized spacial score (nSPS) is 14.6. The van der Waals surface area contributed by atoms with E-state index in [0.29, 0.717) is 11.6 Å². The van der Waals surface area contributed by atoms with Gasteiger partial charge in [-0.3, -0.25) is 14.7 Å². The van der Waals surface area contributed by atoms with E-state index in [-0.39, 0.29) is 5.91 Å². The van der Waals surface area contributed by atoms with Crippen molar-refractivity contribution in [2.45, 2.75) is 26.8 Å². The van der Waals surface area contributed by atoms with Crippen LogP contribution in [0.15, 0.2) is 67.0 Å². The van der Waals surface area contributed by atoms with Crippen LogP contribution in [0.5, 0.6) is 0 Å². The number of hydrogen-bond donors (Lipinski definition) is 1. The summed E-state index contributed by atoms with van der Waals surface area (Å²) in [6.45, 7) is 10.7. The molecule has 1 aliphatic heterocycles. The Morgan fingerprint density at radius 2 is 1.58 bits per heavy atom. The van der Waals surface area contributed by atoms with Crippen LogP contribution in [0.4, 0.5) is 11.4 Å². The molecule has 0 spiro atoms. The van der Waals surface area contributed by atoms with Crippen LogP contribution in [0.2, 0.25) is 0 Å². The number of anilines is 2. The first-order valence-electron chi connectivity index (χ1n) is 10.9. The van der Waals surface area contributed by atoms with Crippen molar-refractivity contribution >= 4 is 17.3 Å². The Balaban J connectivity index is 1.44. The molecule has 1 aliphatic rings. The van der Waals surface area contributed by atoms with Crippen molar-refractivity contribution < 1.29 is 4.79 Å².